The van der Waals surface area contributed by atoms with Gasteiger partial charge in [-0.3, -0.25) is 0 Å². The van der Waals surface area contributed by atoms with Crippen LogP contribution >= 0.6 is 0 Å². The lowest BCUT2D eigenvalue weighted by Crippen LogP contribution is -2.12. The molecule has 3 unspecified atom stereocenters. The minimum Gasteiger partial charge on any atom is -0.316 e. The molecule has 1 saturated heterocycles. The Morgan fingerprint density at radius 1 is 1.09 bits per heavy atom. The number of hydrogen-bond donors (Lipinski definition) is 1. The molecule has 1 saturated carbocycles. The topological polar surface area (TPSA) is 12.0 Å². The van der Waals surface area contributed by atoms with E-state index in [-0.39, 0.29) is 0 Å². The third-order valence-electron chi connectivity index (χ3n) is 3.46. The van der Waals surface area contributed by atoms with Gasteiger partial charge in [0.2, 0.25) is 0 Å². The van der Waals surface area contributed by atoms with Gasteiger partial charge in [0.15, 0.2) is 0 Å². The lowest BCUT2D eigenvalue weighted by molar-refractivity contribution is 0.365. The molecule has 1 N–H and O–H groups in total. The molecule has 0 spiro atoms. The van der Waals surface area contributed by atoms with E-state index in [9.17, 15) is 0 Å². The van der Waals surface area contributed by atoms with Crippen LogP contribution in [0, 0.1) is 17.8 Å². The van der Waals surface area contributed by atoms with E-state index in [4.69, 9.17) is 0 Å². The maximum absolute atomic E-state index is 3.51. The minimum absolute atomic E-state index is 0.991. The van der Waals surface area contributed by atoms with Crippen LogP contribution in [0.2, 0.25) is 0 Å². The van der Waals surface area contributed by atoms with E-state index in [2.05, 4.69) is 12.2 Å². The van der Waals surface area contributed by atoms with Crippen molar-refractivity contribution in [3.63, 3.8) is 0 Å². The summed E-state index contributed by atoms with van der Waals surface area (Å²) in [5.74, 6) is 3.04. The quantitative estimate of drug-likeness (QED) is 0.561. The molecule has 0 aromatic carbocycles. The molecule has 1 heterocycles. The van der Waals surface area contributed by atoms with Crippen molar-refractivity contribution >= 4 is 0 Å². The minimum atomic E-state index is 0.991. The third-order valence-corrected chi connectivity index (χ3v) is 3.46. The van der Waals surface area contributed by atoms with Gasteiger partial charge >= 0.3 is 0 Å². The molecular formula is C10H19N. The largest absolute Gasteiger partial charge is 0.316 e. The number of hydrogen-bond acceptors (Lipinski definition) is 1. The van der Waals surface area contributed by atoms with Gasteiger partial charge in [-0.15, -0.1) is 0 Å². The lowest BCUT2D eigenvalue weighted by Gasteiger charge is -2.15. The summed E-state index contributed by atoms with van der Waals surface area (Å²) in [4.78, 5) is 0. The summed E-state index contributed by atoms with van der Waals surface area (Å²) in [6.07, 6.45) is 5.93. The molecule has 0 aromatic heterocycles. The zero-order valence-corrected chi connectivity index (χ0v) is 7.47. The lowest BCUT2D eigenvalue weighted by atomic mass is 9.89. The van der Waals surface area contributed by atoms with E-state index in [0.29, 0.717) is 0 Å². The fourth-order valence-corrected chi connectivity index (χ4v) is 2.76. The summed E-state index contributed by atoms with van der Waals surface area (Å²) in [5.41, 5.74) is 0. The van der Waals surface area contributed by atoms with Crippen molar-refractivity contribution in [3.8, 4) is 0 Å². The molecule has 1 nitrogen and oxygen atoms in total. The average Bonchev–Trinajstić information content (AvgIpc) is 2.31. The second-order valence-corrected chi connectivity index (χ2v) is 4.45. The standard InChI is InChI=1S/C10H19N/c1-8-3-2-4-9-6-11-7-10(9)5-8/h8-11H,2-7H2,1H3. The van der Waals surface area contributed by atoms with Crippen LogP contribution in [0.3, 0.4) is 0 Å². The number of nitrogens with one attached hydrogen (secondary N) is 1. The predicted molar refractivity (Wildman–Crippen MR) is 47.5 cm³/mol. The van der Waals surface area contributed by atoms with Crippen molar-refractivity contribution in [3.05, 3.63) is 0 Å². The Morgan fingerprint density at radius 2 is 1.91 bits per heavy atom. The summed E-state index contributed by atoms with van der Waals surface area (Å²) in [6, 6.07) is 0. The Bertz CT molecular complexity index is 133. The van der Waals surface area contributed by atoms with Gasteiger partial charge in [0.25, 0.3) is 0 Å². The van der Waals surface area contributed by atoms with E-state index in [1.165, 1.54) is 38.8 Å². The second-order valence-electron chi connectivity index (χ2n) is 4.45. The molecule has 0 amide bonds. The molecule has 1 aliphatic heterocycles. The highest BCUT2D eigenvalue weighted by Crippen LogP contribution is 2.33. The zero-order chi connectivity index (χ0) is 7.68. The summed E-state index contributed by atoms with van der Waals surface area (Å²) in [6.45, 7) is 5.02. The first-order chi connectivity index (χ1) is 5.36. The summed E-state index contributed by atoms with van der Waals surface area (Å²) < 4.78 is 0. The predicted octanol–water partition coefficient (Wildman–Crippen LogP) is 2.03. The zero-order valence-electron chi connectivity index (χ0n) is 7.47. The summed E-state index contributed by atoms with van der Waals surface area (Å²) >= 11 is 0. The molecule has 0 bridgehead atoms. The molecule has 3 atom stereocenters. The van der Waals surface area contributed by atoms with E-state index in [0.717, 1.165) is 17.8 Å². The van der Waals surface area contributed by atoms with Gasteiger partial charge in [-0.1, -0.05) is 19.8 Å². The Balaban J connectivity index is 1.98. The van der Waals surface area contributed by atoms with Crippen LogP contribution in [-0.4, -0.2) is 13.1 Å². The van der Waals surface area contributed by atoms with E-state index in [1.54, 1.807) is 0 Å². The molecule has 2 aliphatic rings. The van der Waals surface area contributed by atoms with Crippen LogP contribution in [0.5, 0.6) is 0 Å². The van der Waals surface area contributed by atoms with Gasteiger partial charge in [-0.25, -0.2) is 0 Å². The van der Waals surface area contributed by atoms with E-state index < -0.39 is 0 Å². The van der Waals surface area contributed by atoms with Crippen LogP contribution in [0.15, 0.2) is 0 Å². The van der Waals surface area contributed by atoms with Crippen LogP contribution in [0.25, 0.3) is 0 Å². The van der Waals surface area contributed by atoms with Crippen LogP contribution < -0.4 is 5.32 Å². The Labute approximate surface area is 69.6 Å². The van der Waals surface area contributed by atoms with Gasteiger partial charge in [-0.2, -0.15) is 0 Å². The van der Waals surface area contributed by atoms with E-state index in [1.807, 2.05) is 0 Å². The molecular weight excluding hydrogens is 134 g/mol. The Hall–Kier alpha value is -0.0400. The van der Waals surface area contributed by atoms with Crippen LogP contribution in [0.1, 0.15) is 32.6 Å². The average molecular weight is 153 g/mol. The molecule has 0 radical (unpaired) electrons. The smallest absolute Gasteiger partial charge is 0.00172 e. The molecule has 1 aliphatic carbocycles. The normalized spacial score (nSPS) is 45.0. The summed E-state index contributed by atoms with van der Waals surface area (Å²) in [5, 5.41) is 3.51. The Morgan fingerprint density at radius 3 is 2.82 bits per heavy atom. The highest BCUT2D eigenvalue weighted by Gasteiger charge is 2.29. The van der Waals surface area contributed by atoms with Crippen molar-refractivity contribution in [2.75, 3.05) is 13.1 Å². The maximum Gasteiger partial charge on any atom is -0.00172 e. The fourth-order valence-electron chi connectivity index (χ4n) is 2.76. The summed E-state index contributed by atoms with van der Waals surface area (Å²) in [7, 11) is 0. The van der Waals surface area contributed by atoms with Crippen molar-refractivity contribution < 1.29 is 0 Å². The van der Waals surface area contributed by atoms with Crippen LogP contribution in [-0.2, 0) is 0 Å². The molecule has 2 fully saturated rings. The molecule has 11 heavy (non-hydrogen) atoms. The Kier molecular flexibility index (Phi) is 2.17. The highest BCUT2D eigenvalue weighted by molar-refractivity contribution is 4.84. The first-order valence-corrected chi connectivity index (χ1v) is 5.07. The van der Waals surface area contributed by atoms with Gasteiger partial charge in [-0.05, 0) is 43.7 Å². The highest BCUT2D eigenvalue weighted by atomic mass is 14.9. The molecule has 64 valence electrons. The number of fused-ring (bicyclic) bond motifs is 1. The van der Waals surface area contributed by atoms with Crippen molar-refractivity contribution in [2.24, 2.45) is 17.8 Å². The molecule has 2 rings (SSSR count). The first kappa shape index (κ1) is 7.60. The SMILES string of the molecule is CC1CCCC2CNCC2C1. The van der Waals surface area contributed by atoms with Crippen molar-refractivity contribution in [1.29, 1.82) is 0 Å². The van der Waals surface area contributed by atoms with Gasteiger partial charge in [0.1, 0.15) is 0 Å². The molecule has 1 heteroatoms. The van der Waals surface area contributed by atoms with Crippen molar-refractivity contribution in [1.82, 2.24) is 5.32 Å². The maximum atomic E-state index is 3.51. The number of rotatable bonds is 0. The van der Waals surface area contributed by atoms with Gasteiger partial charge in [0.05, 0.1) is 0 Å². The monoisotopic (exact) mass is 153 g/mol. The van der Waals surface area contributed by atoms with Gasteiger partial charge in [0, 0.05) is 0 Å². The first-order valence-electron chi connectivity index (χ1n) is 5.07. The second kappa shape index (κ2) is 3.14. The van der Waals surface area contributed by atoms with Crippen molar-refractivity contribution in [2.45, 2.75) is 32.6 Å². The van der Waals surface area contributed by atoms with Crippen LogP contribution in [0.4, 0.5) is 0 Å². The van der Waals surface area contributed by atoms with Gasteiger partial charge < -0.3 is 5.32 Å². The fraction of sp³-hybridized carbons (Fsp3) is 1.00. The molecule has 0 aromatic rings. The third kappa shape index (κ3) is 1.58. The van der Waals surface area contributed by atoms with E-state index >= 15 is 0 Å².